The van der Waals surface area contributed by atoms with Crippen molar-refractivity contribution in [2.24, 2.45) is 0 Å². The molecule has 1 aromatic heterocycles. The first kappa shape index (κ1) is 14.6. The topological polar surface area (TPSA) is 31.4 Å². The lowest BCUT2D eigenvalue weighted by Gasteiger charge is -2.34. The van der Waals surface area contributed by atoms with Gasteiger partial charge in [0.05, 0.1) is 0 Å². The highest BCUT2D eigenvalue weighted by Gasteiger charge is 2.19. The Kier molecular flexibility index (Phi) is 5.59. The Labute approximate surface area is 129 Å². The molecule has 20 heavy (non-hydrogen) atoms. The van der Waals surface area contributed by atoms with Gasteiger partial charge in [0.25, 0.3) is 0 Å². The molecular weight excluding hydrogens is 288 g/mol. The van der Waals surface area contributed by atoms with Gasteiger partial charge in [-0.15, -0.1) is 11.3 Å². The van der Waals surface area contributed by atoms with Crippen LogP contribution in [0.3, 0.4) is 0 Å². The fourth-order valence-electron chi connectivity index (χ4n) is 2.85. The van der Waals surface area contributed by atoms with Crippen LogP contribution < -0.4 is 10.2 Å². The molecule has 6 heteroatoms. The number of anilines is 1. The average molecular weight is 313 g/mol. The number of hydrogen-bond donors (Lipinski definition) is 1. The van der Waals surface area contributed by atoms with Gasteiger partial charge in [-0.05, 0) is 25.9 Å². The van der Waals surface area contributed by atoms with Gasteiger partial charge in [0.1, 0.15) is 0 Å². The number of nitrogens with one attached hydrogen (secondary N) is 1. The van der Waals surface area contributed by atoms with Crippen molar-refractivity contribution in [1.29, 1.82) is 0 Å². The Bertz CT molecular complexity index is 371. The summed E-state index contributed by atoms with van der Waals surface area (Å²) >= 11 is 3.94. The molecule has 0 unspecified atom stereocenters. The van der Waals surface area contributed by atoms with Crippen molar-refractivity contribution < 1.29 is 0 Å². The lowest BCUT2D eigenvalue weighted by molar-refractivity contribution is 0.273. The standard InChI is InChI=1S/C14H24N4S2/c1-3-15-4-2-13(1)19-12-10-17-6-8-18(9-7-17)14-16-5-11-20-14/h5,11,13,15H,1-4,6-10,12H2. The highest BCUT2D eigenvalue weighted by molar-refractivity contribution is 7.99. The number of thioether (sulfide) groups is 1. The lowest BCUT2D eigenvalue weighted by Crippen LogP contribution is -2.47. The molecule has 1 aromatic rings. The number of thiazole rings is 1. The van der Waals surface area contributed by atoms with Gasteiger partial charge in [0, 0.05) is 55.3 Å². The van der Waals surface area contributed by atoms with Crippen molar-refractivity contribution in [2.45, 2.75) is 18.1 Å². The molecule has 0 aliphatic carbocycles. The van der Waals surface area contributed by atoms with Gasteiger partial charge in [-0.2, -0.15) is 11.8 Å². The summed E-state index contributed by atoms with van der Waals surface area (Å²) in [6, 6.07) is 0. The van der Waals surface area contributed by atoms with Crippen LogP contribution in [0.1, 0.15) is 12.8 Å². The summed E-state index contributed by atoms with van der Waals surface area (Å²) in [6.07, 6.45) is 4.60. The summed E-state index contributed by atoms with van der Waals surface area (Å²) in [5, 5.41) is 7.59. The van der Waals surface area contributed by atoms with E-state index >= 15 is 0 Å². The van der Waals surface area contributed by atoms with Crippen LogP contribution >= 0.6 is 23.1 Å². The molecular formula is C14H24N4S2. The summed E-state index contributed by atoms with van der Waals surface area (Å²) in [4.78, 5) is 9.43. The number of nitrogens with zero attached hydrogens (tertiary/aromatic N) is 3. The predicted octanol–water partition coefficient (Wildman–Crippen LogP) is 1.75. The third kappa shape index (κ3) is 4.10. The molecule has 0 bridgehead atoms. The molecule has 0 spiro atoms. The quantitative estimate of drug-likeness (QED) is 0.895. The van der Waals surface area contributed by atoms with Crippen LogP contribution in [-0.4, -0.2) is 66.7 Å². The van der Waals surface area contributed by atoms with E-state index in [1.807, 2.05) is 6.20 Å². The number of aromatic nitrogens is 1. The van der Waals surface area contributed by atoms with Crippen molar-refractivity contribution in [2.75, 3.05) is 56.5 Å². The van der Waals surface area contributed by atoms with Crippen molar-refractivity contribution >= 4 is 28.2 Å². The van der Waals surface area contributed by atoms with Crippen LogP contribution in [0.5, 0.6) is 0 Å². The molecule has 2 fully saturated rings. The second-order valence-electron chi connectivity index (χ2n) is 5.46. The number of piperidine rings is 1. The minimum Gasteiger partial charge on any atom is -0.346 e. The Hall–Kier alpha value is -0.300. The Morgan fingerprint density at radius 2 is 2.05 bits per heavy atom. The third-order valence-electron chi connectivity index (χ3n) is 4.11. The molecule has 112 valence electrons. The Balaban J connectivity index is 1.32. The van der Waals surface area contributed by atoms with Crippen molar-refractivity contribution in [1.82, 2.24) is 15.2 Å². The van der Waals surface area contributed by atoms with Gasteiger partial charge in [0.2, 0.25) is 0 Å². The molecule has 2 aliphatic heterocycles. The molecule has 0 aromatic carbocycles. The Morgan fingerprint density at radius 3 is 2.75 bits per heavy atom. The highest BCUT2D eigenvalue weighted by Crippen LogP contribution is 2.21. The maximum atomic E-state index is 4.40. The molecule has 2 aliphatic rings. The molecule has 0 atom stereocenters. The summed E-state index contributed by atoms with van der Waals surface area (Å²) in [7, 11) is 0. The molecule has 2 saturated heterocycles. The van der Waals surface area contributed by atoms with E-state index in [1.165, 1.54) is 56.4 Å². The maximum Gasteiger partial charge on any atom is 0.185 e. The molecule has 3 heterocycles. The second kappa shape index (κ2) is 7.64. The summed E-state index contributed by atoms with van der Waals surface area (Å²) in [6.45, 7) is 8.31. The van der Waals surface area contributed by atoms with Crippen LogP contribution in [0, 0.1) is 0 Å². The number of hydrogen-bond acceptors (Lipinski definition) is 6. The average Bonchev–Trinajstić information content (AvgIpc) is 3.03. The second-order valence-corrected chi connectivity index (χ2v) is 7.74. The molecule has 3 rings (SSSR count). The largest absolute Gasteiger partial charge is 0.346 e. The zero-order valence-electron chi connectivity index (χ0n) is 12.0. The SMILES string of the molecule is c1csc(N2CCN(CCSC3CCNCC3)CC2)n1. The van der Waals surface area contributed by atoms with Crippen LogP contribution in [0.2, 0.25) is 0 Å². The Morgan fingerprint density at radius 1 is 1.25 bits per heavy atom. The smallest absolute Gasteiger partial charge is 0.185 e. The van der Waals surface area contributed by atoms with E-state index in [2.05, 4.69) is 37.2 Å². The van der Waals surface area contributed by atoms with E-state index in [9.17, 15) is 0 Å². The van der Waals surface area contributed by atoms with E-state index in [1.54, 1.807) is 11.3 Å². The van der Waals surface area contributed by atoms with Crippen molar-refractivity contribution in [3.8, 4) is 0 Å². The normalized spacial score (nSPS) is 22.3. The first-order valence-electron chi connectivity index (χ1n) is 7.61. The molecule has 0 saturated carbocycles. The summed E-state index contributed by atoms with van der Waals surface area (Å²) in [5.74, 6) is 1.29. The van der Waals surface area contributed by atoms with E-state index in [0.29, 0.717) is 0 Å². The van der Waals surface area contributed by atoms with Crippen LogP contribution in [-0.2, 0) is 0 Å². The summed E-state index contributed by atoms with van der Waals surface area (Å²) in [5.41, 5.74) is 0. The van der Waals surface area contributed by atoms with E-state index in [-0.39, 0.29) is 0 Å². The van der Waals surface area contributed by atoms with Gasteiger partial charge < -0.3 is 10.2 Å². The molecule has 1 N–H and O–H groups in total. The fourth-order valence-corrected chi connectivity index (χ4v) is 4.81. The third-order valence-corrected chi connectivity index (χ3v) is 6.30. The summed E-state index contributed by atoms with van der Waals surface area (Å²) < 4.78 is 0. The highest BCUT2D eigenvalue weighted by atomic mass is 32.2. The molecule has 4 nitrogen and oxygen atoms in total. The van der Waals surface area contributed by atoms with Gasteiger partial charge in [-0.3, -0.25) is 4.90 Å². The zero-order chi connectivity index (χ0) is 13.6. The maximum absolute atomic E-state index is 4.40. The zero-order valence-corrected chi connectivity index (χ0v) is 13.6. The van der Waals surface area contributed by atoms with E-state index in [0.717, 1.165) is 18.3 Å². The minimum absolute atomic E-state index is 0.896. The van der Waals surface area contributed by atoms with Gasteiger partial charge in [-0.1, -0.05) is 0 Å². The van der Waals surface area contributed by atoms with Gasteiger partial charge >= 0.3 is 0 Å². The fraction of sp³-hybridized carbons (Fsp3) is 0.786. The monoisotopic (exact) mass is 312 g/mol. The number of piperazine rings is 1. The van der Waals surface area contributed by atoms with Crippen LogP contribution in [0.25, 0.3) is 0 Å². The van der Waals surface area contributed by atoms with Crippen molar-refractivity contribution in [3.63, 3.8) is 0 Å². The van der Waals surface area contributed by atoms with Crippen molar-refractivity contribution in [3.05, 3.63) is 11.6 Å². The van der Waals surface area contributed by atoms with Crippen LogP contribution in [0.4, 0.5) is 5.13 Å². The molecule has 0 radical (unpaired) electrons. The lowest BCUT2D eigenvalue weighted by atomic mass is 10.2. The molecule has 0 amide bonds. The minimum atomic E-state index is 0.896. The van der Waals surface area contributed by atoms with Gasteiger partial charge in [-0.25, -0.2) is 4.98 Å². The van der Waals surface area contributed by atoms with E-state index in [4.69, 9.17) is 0 Å². The van der Waals surface area contributed by atoms with Crippen LogP contribution in [0.15, 0.2) is 11.6 Å². The number of rotatable bonds is 5. The first-order valence-corrected chi connectivity index (χ1v) is 9.54. The first-order chi connectivity index (χ1) is 9.92. The van der Waals surface area contributed by atoms with E-state index < -0.39 is 0 Å². The van der Waals surface area contributed by atoms with Gasteiger partial charge in [0.15, 0.2) is 5.13 Å². The predicted molar refractivity (Wildman–Crippen MR) is 89.1 cm³/mol.